The van der Waals surface area contributed by atoms with Crippen LogP contribution in [0.15, 0.2) is 24.3 Å². The smallest absolute Gasteiger partial charge is 0.328 e. The van der Waals surface area contributed by atoms with Gasteiger partial charge in [-0.25, -0.2) is 4.79 Å². The Labute approximate surface area is 154 Å². The Balaban J connectivity index is 1.95. The van der Waals surface area contributed by atoms with Crippen LogP contribution in [-0.4, -0.2) is 37.0 Å². The normalized spacial score (nSPS) is 17.9. The molecule has 1 aliphatic rings. The lowest BCUT2D eigenvalue weighted by Gasteiger charge is -2.18. The molecule has 0 aliphatic carbocycles. The molecule has 142 valence electrons. The van der Waals surface area contributed by atoms with Gasteiger partial charge < -0.3 is 15.0 Å². The Bertz CT molecular complexity index is 642. The molecule has 0 saturated carbocycles. The minimum Gasteiger partial charge on any atom is -0.464 e. The highest BCUT2D eigenvalue weighted by atomic mass is 16.5. The van der Waals surface area contributed by atoms with Gasteiger partial charge in [0.25, 0.3) is 0 Å². The van der Waals surface area contributed by atoms with Crippen molar-refractivity contribution in [3.05, 3.63) is 29.8 Å². The van der Waals surface area contributed by atoms with E-state index in [0.717, 1.165) is 24.9 Å². The summed E-state index contributed by atoms with van der Waals surface area (Å²) in [4.78, 5) is 38.0. The number of carbonyl (C=O) groups excluding carboxylic acids is 3. The second kappa shape index (κ2) is 9.36. The van der Waals surface area contributed by atoms with Crippen LogP contribution in [0.3, 0.4) is 0 Å². The first-order valence-electron chi connectivity index (χ1n) is 9.32. The maximum Gasteiger partial charge on any atom is 0.328 e. The van der Waals surface area contributed by atoms with Crippen LogP contribution in [0.4, 0.5) is 5.69 Å². The number of nitrogens with one attached hydrogen (secondary N) is 1. The quantitative estimate of drug-likeness (QED) is 0.723. The average molecular weight is 360 g/mol. The Hall–Kier alpha value is -2.37. The second-order valence-electron chi connectivity index (χ2n) is 6.66. The van der Waals surface area contributed by atoms with E-state index in [1.807, 2.05) is 24.3 Å². The van der Waals surface area contributed by atoms with Crippen molar-refractivity contribution in [1.29, 1.82) is 0 Å². The van der Waals surface area contributed by atoms with Crippen molar-refractivity contribution in [2.45, 2.75) is 52.5 Å². The van der Waals surface area contributed by atoms with Crippen LogP contribution < -0.4 is 10.2 Å². The molecule has 0 spiro atoms. The topological polar surface area (TPSA) is 75.7 Å². The summed E-state index contributed by atoms with van der Waals surface area (Å²) >= 11 is 0. The zero-order valence-electron chi connectivity index (χ0n) is 15.8. The zero-order chi connectivity index (χ0) is 19.1. The van der Waals surface area contributed by atoms with Crippen LogP contribution in [0, 0.1) is 5.92 Å². The number of benzene rings is 1. The highest BCUT2D eigenvalue weighted by Crippen LogP contribution is 2.26. The molecule has 1 fully saturated rings. The van der Waals surface area contributed by atoms with Gasteiger partial charge in [0.1, 0.15) is 6.04 Å². The molecule has 1 aromatic carbocycles. The van der Waals surface area contributed by atoms with Gasteiger partial charge >= 0.3 is 5.97 Å². The molecular formula is C20H28N2O4. The lowest BCUT2D eigenvalue weighted by atomic mass is 10.1. The third-order valence-corrected chi connectivity index (χ3v) is 4.56. The van der Waals surface area contributed by atoms with Gasteiger partial charge in [-0.3, -0.25) is 9.59 Å². The first kappa shape index (κ1) is 19.9. The SMILES string of the molecule is CCCCc1ccc(N2CC(C(=O)NC(C)C(=O)OCC)CC2=O)cc1. The number of unbranched alkanes of at least 4 members (excludes halogenated alkanes) is 1. The van der Waals surface area contributed by atoms with E-state index in [0.29, 0.717) is 6.54 Å². The van der Waals surface area contributed by atoms with Crippen LogP contribution >= 0.6 is 0 Å². The second-order valence-corrected chi connectivity index (χ2v) is 6.66. The number of hydrogen-bond acceptors (Lipinski definition) is 4. The maximum atomic E-state index is 12.4. The fraction of sp³-hybridized carbons (Fsp3) is 0.550. The molecule has 2 atom stereocenters. The van der Waals surface area contributed by atoms with Crippen LogP contribution in [0.1, 0.15) is 45.6 Å². The van der Waals surface area contributed by atoms with Crippen LogP contribution in [0.25, 0.3) is 0 Å². The molecule has 2 rings (SSSR count). The monoisotopic (exact) mass is 360 g/mol. The molecule has 1 saturated heterocycles. The number of nitrogens with zero attached hydrogens (tertiary/aromatic N) is 1. The van der Waals surface area contributed by atoms with Crippen molar-refractivity contribution in [2.75, 3.05) is 18.1 Å². The maximum absolute atomic E-state index is 12.4. The minimum atomic E-state index is -0.718. The van der Waals surface area contributed by atoms with E-state index < -0.39 is 17.9 Å². The van der Waals surface area contributed by atoms with Crippen molar-refractivity contribution >= 4 is 23.5 Å². The Morgan fingerprint density at radius 1 is 1.27 bits per heavy atom. The van der Waals surface area contributed by atoms with Gasteiger partial charge in [0.2, 0.25) is 11.8 Å². The number of esters is 1. The van der Waals surface area contributed by atoms with E-state index >= 15 is 0 Å². The fourth-order valence-corrected chi connectivity index (χ4v) is 3.01. The van der Waals surface area contributed by atoms with Gasteiger partial charge in [0, 0.05) is 18.7 Å². The van der Waals surface area contributed by atoms with Crippen molar-refractivity contribution < 1.29 is 19.1 Å². The molecular weight excluding hydrogens is 332 g/mol. The van der Waals surface area contributed by atoms with Crippen molar-refractivity contribution in [1.82, 2.24) is 5.32 Å². The van der Waals surface area contributed by atoms with Gasteiger partial charge in [0.15, 0.2) is 0 Å². The minimum absolute atomic E-state index is 0.0738. The summed E-state index contributed by atoms with van der Waals surface area (Å²) in [5, 5.41) is 2.64. The molecule has 6 nitrogen and oxygen atoms in total. The number of anilines is 1. The summed E-state index contributed by atoms with van der Waals surface area (Å²) in [6.45, 7) is 6.05. The largest absolute Gasteiger partial charge is 0.464 e. The summed E-state index contributed by atoms with van der Waals surface area (Å²) in [6, 6.07) is 7.22. The Morgan fingerprint density at radius 3 is 2.58 bits per heavy atom. The van der Waals surface area contributed by atoms with Crippen molar-refractivity contribution in [3.8, 4) is 0 Å². The first-order valence-corrected chi connectivity index (χ1v) is 9.32. The summed E-state index contributed by atoms with van der Waals surface area (Å²) in [5.41, 5.74) is 2.06. The molecule has 0 bridgehead atoms. The average Bonchev–Trinajstić information content (AvgIpc) is 3.02. The Kier molecular flexibility index (Phi) is 7.18. The third-order valence-electron chi connectivity index (χ3n) is 4.56. The lowest BCUT2D eigenvalue weighted by Crippen LogP contribution is -2.43. The van der Waals surface area contributed by atoms with E-state index in [2.05, 4.69) is 12.2 Å². The van der Waals surface area contributed by atoms with E-state index in [1.165, 1.54) is 5.56 Å². The molecule has 1 aliphatic heterocycles. The summed E-state index contributed by atoms with van der Waals surface area (Å²) in [6.07, 6.45) is 3.47. The fourth-order valence-electron chi connectivity index (χ4n) is 3.01. The number of hydrogen-bond donors (Lipinski definition) is 1. The molecule has 1 aromatic rings. The van der Waals surface area contributed by atoms with Crippen LogP contribution in [-0.2, 0) is 25.5 Å². The number of amides is 2. The molecule has 0 aromatic heterocycles. The number of carbonyl (C=O) groups is 3. The standard InChI is InChI=1S/C20H28N2O4/c1-4-6-7-15-8-10-17(11-9-15)22-13-16(12-18(22)23)19(24)21-14(3)20(25)26-5-2/h8-11,14,16H,4-7,12-13H2,1-3H3,(H,21,24). The van der Waals surface area contributed by atoms with E-state index in [-0.39, 0.29) is 24.8 Å². The molecule has 0 radical (unpaired) electrons. The van der Waals surface area contributed by atoms with Gasteiger partial charge in [-0.2, -0.15) is 0 Å². The van der Waals surface area contributed by atoms with Gasteiger partial charge in [0.05, 0.1) is 12.5 Å². The van der Waals surface area contributed by atoms with Crippen molar-refractivity contribution in [3.63, 3.8) is 0 Å². The summed E-state index contributed by atoms with van der Waals surface area (Å²) < 4.78 is 4.89. The van der Waals surface area contributed by atoms with Crippen molar-refractivity contribution in [2.24, 2.45) is 5.92 Å². The number of aryl methyl sites for hydroxylation is 1. The predicted molar refractivity (Wildman–Crippen MR) is 99.8 cm³/mol. The van der Waals surface area contributed by atoms with Gasteiger partial charge in [-0.15, -0.1) is 0 Å². The highest BCUT2D eigenvalue weighted by molar-refractivity contribution is 6.00. The van der Waals surface area contributed by atoms with Gasteiger partial charge in [-0.1, -0.05) is 25.5 Å². The van der Waals surface area contributed by atoms with Crippen LogP contribution in [0.2, 0.25) is 0 Å². The summed E-state index contributed by atoms with van der Waals surface area (Å²) in [5.74, 6) is -1.29. The molecule has 6 heteroatoms. The molecule has 2 unspecified atom stereocenters. The zero-order valence-corrected chi connectivity index (χ0v) is 15.8. The van der Waals surface area contributed by atoms with Crippen LogP contribution in [0.5, 0.6) is 0 Å². The predicted octanol–water partition coefficient (Wildman–Crippen LogP) is 2.45. The number of ether oxygens (including phenoxy) is 1. The van der Waals surface area contributed by atoms with Gasteiger partial charge in [-0.05, 0) is 44.4 Å². The highest BCUT2D eigenvalue weighted by Gasteiger charge is 2.36. The molecule has 1 N–H and O–H groups in total. The first-order chi connectivity index (χ1) is 12.5. The summed E-state index contributed by atoms with van der Waals surface area (Å²) in [7, 11) is 0. The molecule has 2 amide bonds. The van der Waals surface area contributed by atoms with E-state index in [4.69, 9.17) is 4.74 Å². The number of rotatable bonds is 8. The Morgan fingerprint density at radius 2 is 1.96 bits per heavy atom. The molecule has 26 heavy (non-hydrogen) atoms. The van der Waals surface area contributed by atoms with E-state index in [1.54, 1.807) is 18.7 Å². The third kappa shape index (κ3) is 5.07. The molecule has 1 heterocycles. The lowest BCUT2D eigenvalue weighted by molar-refractivity contribution is -0.147. The van der Waals surface area contributed by atoms with E-state index in [9.17, 15) is 14.4 Å².